The van der Waals surface area contributed by atoms with Crippen LogP contribution in [0.3, 0.4) is 0 Å². The fraction of sp³-hybridized carbons (Fsp3) is 0.588. The van der Waals surface area contributed by atoms with Crippen molar-refractivity contribution in [1.29, 1.82) is 0 Å². The van der Waals surface area contributed by atoms with Crippen molar-refractivity contribution in [2.24, 2.45) is 0 Å². The van der Waals surface area contributed by atoms with Crippen LogP contribution in [0.15, 0.2) is 11.0 Å². The molecular formula is C17H21F2N7O. The number of anilines is 1. The first-order valence-corrected chi connectivity index (χ1v) is 8.78. The number of rotatable bonds is 3. The molecule has 0 N–H and O–H groups in total. The summed E-state index contributed by atoms with van der Waals surface area (Å²) < 4.78 is 34.1. The van der Waals surface area contributed by atoms with Crippen LogP contribution in [0.1, 0.15) is 44.4 Å². The molecule has 4 rings (SSSR count). The van der Waals surface area contributed by atoms with Crippen LogP contribution in [0.2, 0.25) is 0 Å². The second-order valence-corrected chi connectivity index (χ2v) is 7.99. The maximum atomic E-state index is 13.8. The first-order valence-electron chi connectivity index (χ1n) is 8.78. The molecule has 4 heterocycles. The predicted octanol–water partition coefficient (Wildman–Crippen LogP) is 2.71. The van der Waals surface area contributed by atoms with E-state index in [-0.39, 0.29) is 24.9 Å². The fourth-order valence-electron chi connectivity index (χ4n) is 3.07. The van der Waals surface area contributed by atoms with E-state index >= 15 is 0 Å². The maximum Gasteiger partial charge on any atom is 0.266 e. The lowest BCUT2D eigenvalue weighted by Gasteiger charge is -2.22. The Kier molecular flexibility index (Phi) is 3.90. The minimum atomic E-state index is -2.72. The number of hydrogen-bond donors (Lipinski definition) is 0. The average Bonchev–Trinajstić information content (AvgIpc) is 3.26. The molecule has 0 aromatic carbocycles. The van der Waals surface area contributed by atoms with Gasteiger partial charge in [0.15, 0.2) is 17.0 Å². The van der Waals surface area contributed by atoms with Gasteiger partial charge in [-0.1, -0.05) is 31.1 Å². The molecule has 1 aliphatic rings. The second-order valence-electron chi connectivity index (χ2n) is 7.99. The highest BCUT2D eigenvalue weighted by Crippen LogP contribution is 2.34. The first-order chi connectivity index (χ1) is 12.6. The van der Waals surface area contributed by atoms with Gasteiger partial charge in [-0.2, -0.15) is 0 Å². The number of fused-ring (bicyclic) bond motifs is 1. The maximum absolute atomic E-state index is 13.8. The number of hydrogen-bond acceptors (Lipinski definition) is 7. The van der Waals surface area contributed by atoms with Crippen molar-refractivity contribution in [2.45, 2.75) is 52.0 Å². The summed E-state index contributed by atoms with van der Waals surface area (Å²) in [6.45, 7) is 8.03. The van der Waals surface area contributed by atoms with E-state index in [0.29, 0.717) is 40.7 Å². The molecule has 1 fully saturated rings. The molecule has 0 saturated carbocycles. The van der Waals surface area contributed by atoms with Crippen molar-refractivity contribution >= 4 is 17.0 Å². The molecule has 10 heteroatoms. The van der Waals surface area contributed by atoms with E-state index < -0.39 is 5.92 Å². The highest BCUT2D eigenvalue weighted by Gasteiger charge is 2.40. The summed E-state index contributed by atoms with van der Waals surface area (Å²) in [6.07, 6.45) is 1.44. The normalized spacial score (nSPS) is 17.2. The minimum absolute atomic E-state index is 0.187. The Labute approximate surface area is 154 Å². The van der Waals surface area contributed by atoms with Gasteiger partial charge in [0.25, 0.3) is 5.92 Å². The largest absolute Gasteiger partial charge is 0.348 e. The lowest BCUT2D eigenvalue weighted by molar-refractivity contribution is 0.0257. The Hall–Kier alpha value is -2.65. The molecule has 0 spiro atoms. The molecule has 1 saturated heterocycles. The Morgan fingerprint density at radius 3 is 2.59 bits per heavy atom. The molecule has 0 atom stereocenters. The van der Waals surface area contributed by atoms with E-state index in [9.17, 15) is 8.78 Å². The lowest BCUT2D eigenvalue weighted by atomic mass is 9.96. The Morgan fingerprint density at radius 1 is 1.22 bits per heavy atom. The SMILES string of the molecule is Cc1nonc1Cn1cnc2c(N3CCC(F)(F)C3)nc(C(C)(C)C)nc21. The molecule has 0 bridgehead atoms. The molecule has 8 nitrogen and oxygen atoms in total. The van der Waals surface area contributed by atoms with Gasteiger partial charge in [-0.05, 0) is 6.92 Å². The molecule has 3 aromatic heterocycles. The molecule has 27 heavy (non-hydrogen) atoms. The van der Waals surface area contributed by atoms with E-state index in [0.717, 1.165) is 0 Å². The third-order valence-corrected chi connectivity index (χ3v) is 4.65. The van der Waals surface area contributed by atoms with Crippen molar-refractivity contribution in [3.63, 3.8) is 0 Å². The monoisotopic (exact) mass is 377 g/mol. The minimum Gasteiger partial charge on any atom is -0.348 e. The van der Waals surface area contributed by atoms with Crippen LogP contribution in [0.5, 0.6) is 0 Å². The van der Waals surface area contributed by atoms with Gasteiger partial charge in [-0.3, -0.25) is 0 Å². The second kappa shape index (κ2) is 5.93. The zero-order valence-corrected chi connectivity index (χ0v) is 15.7. The molecule has 0 radical (unpaired) electrons. The van der Waals surface area contributed by atoms with Gasteiger partial charge < -0.3 is 9.47 Å². The summed E-state index contributed by atoms with van der Waals surface area (Å²) in [5.41, 5.74) is 2.10. The van der Waals surface area contributed by atoms with Crippen molar-refractivity contribution in [3.8, 4) is 0 Å². The Balaban J connectivity index is 1.84. The zero-order chi connectivity index (χ0) is 19.4. The molecule has 3 aromatic rings. The van der Waals surface area contributed by atoms with Crippen LogP contribution in [0.25, 0.3) is 11.2 Å². The van der Waals surface area contributed by atoms with E-state index in [1.807, 2.05) is 25.3 Å². The van der Waals surface area contributed by atoms with Crippen LogP contribution in [0, 0.1) is 6.92 Å². The Bertz CT molecular complexity index is 989. The standard InChI is InChI=1S/C17H21F2N7O/c1-10-11(24-27-23-10)7-26-9-20-12-13(25-6-5-17(18,19)8-25)21-15(16(2,3)4)22-14(12)26/h9H,5-8H2,1-4H3. The molecular weight excluding hydrogens is 356 g/mol. The van der Waals surface area contributed by atoms with Crippen molar-refractivity contribution in [3.05, 3.63) is 23.5 Å². The van der Waals surface area contributed by atoms with Gasteiger partial charge in [0.2, 0.25) is 0 Å². The summed E-state index contributed by atoms with van der Waals surface area (Å²) in [5.74, 6) is -1.68. The van der Waals surface area contributed by atoms with Gasteiger partial charge >= 0.3 is 0 Å². The highest BCUT2D eigenvalue weighted by atomic mass is 19.3. The number of aryl methyl sites for hydroxylation is 1. The number of nitrogens with zero attached hydrogens (tertiary/aromatic N) is 7. The average molecular weight is 377 g/mol. The third kappa shape index (κ3) is 3.24. The van der Waals surface area contributed by atoms with Gasteiger partial charge in [0.05, 0.1) is 19.4 Å². The molecule has 0 aliphatic carbocycles. The zero-order valence-electron chi connectivity index (χ0n) is 15.7. The van der Waals surface area contributed by atoms with Gasteiger partial charge in [0.1, 0.15) is 17.2 Å². The molecule has 0 unspecified atom stereocenters. The van der Waals surface area contributed by atoms with Crippen molar-refractivity contribution in [1.82, 2.24) is 29.8 Å². The van der Waals surface area contributed by atoms with Crippen LogP contribution >= 0.6 is 0 Å². The summed E-state index contributed by atoms with van der Waals surface area (Å²) in [7, 11) is 0. The summed E-state index contributed by atoms with van der Waals surface area (Å²) in [6, 6.07) is 0. The van der Waals surface area contributed by atoms with Gasteiger partial charge in [-0.25, -0.2) is 28.4 Å². The fourth-order valence-corrected chi connectivity index (χ4v) is 3.07. The van der Waals surface area contributed by atoms with E-state index in [4.69, 9.17) is 4.63 Å². The van der Waals surface area contributed by atoms with Gasteiger partial charge in [-0.15, -0.1) is 0 Å². The molecule has 1 aliphatic heterocycles. The number of halogens is 2. The summed E-state index contributed by atoms with van der Waals surface area (Å²) >= 11 is 0. The van der Waals surface area contributed by atoms with E-state index in [1.54, 1.807) is 18.2 Å². The molecule has 0 amide bonds. The summed E-state index contributed by atoms with van der Waals surface area (Å²) in [4.78, 5) is 15.3. The van der Waals surface area contributed by atoms with Crippen LogP contribution in [0.4, 0.5) is 14.6 Å². The Morgan fingerprint density at radius 2 is 2.00 bits per heavy atom. The van der Waals surface area contributed by atoms with E-state index in [1.165, 1.54) is 0 Å². The van der Waals surface area contributed by atoms with Crippen LogP contribution < -0.4 is 4.90 Å². The topological polar surface area (TPSA) is 85.8 Å². The van der Waals surface area contributed by atoms with Crippen molar-refractivity contribution < 1.29 is 13.4 Å². The highest BCUT2D eigenvalue weighted by molar-refractivity contribution is 5.84. The summed E-state index contributed by atoms with van der Waals surface area (Å²) in [5, 5.41) is 7.69. The number of alkyl halides is 2. The molecule has 144 valence electrons. The smallest absolute Gasteiger partial charge is 0.266 e. The number of imidazole rings is 1. The van der Waals surface area contributed by atoms with Crippen LogP contribution in [-0.4, -0.2) is 48.8 Å². The van der Waals surface area contributed by atoms with Gasteiger partial charge in [0, 0.05) is 18.4 Å². The van der Waals surface area contributed by atoms with Crippen LogP contribution in [-0.2, 0) is 12.0 Å². The first kappa shape index (κ1) is 17.7. The quantitative estimate of drug-likeness (QED) is 0.694. The van der Waals surface area contributed by atoms with E-state index in [2.05, 4.69) is 25.3 Å². The lowest BCUT2D eigenvalue weighted by Crippen LogP contribution is -2.27. The van der Waals surface area contributed by atoms with Crippen molar-refractivity contribution in [2.75, 3.05) is 18.0 Å². The number of aromatic nitrogens is 6. The third-order valence-electron chi connectivity index (χ3n) is 4.65. The predicted molar refractivity (Wildman–Crippen MR) is 93.9 cm³/mol.